The van der Waals surface area contributed by atoms with Gasteiger partial charge in [-0.15, -0.1) is 0 Å². The number of halogens is 1. The molecule has 6 heteroatoms. The Kier molecular flexibility index (Phi) is 5.41. The predicted octanol–water partition coefficient (Wildman–Crippen LogP) is 4.53. The van der Waals surface area contributed by atoms with Gasteiger partial charge in [0.05, 0.1) is 17.5 Å². The molecule has 3 unspecified atom stereocenters. The molecule has 0 aromatic heterocycles. The zero-order chi connectivity index (χ0) is 20.5. The Labute approximate surface area is 174 Å². The van der Waals surface area contributed by atoms with Crippen LogP contribution in [0.3, 0.4) is 0 Å². The molecular weight excluding hydrogens is 390 g/mol. The summed E-state index contributed by atoms with van der Waals surface area (Å²) in [5.74, 6) is -0.242. The van der Waals surface area contributed by atoms with Crippen molar-refractivity contribution in [2.45, 2.75) is 26.2 Å². The smallest absolute Gasteiger partial charge is 0.237 e. The van der Waals surface area contributed by atoms with E-state index in [0.717, 1.165) is 19.3 Å². The van der Waals surface area contributed by atoms with Gasteiger partial charge < -0.3 is 4.74 Å². The van der Waals surface area contributed by atoms with Crippen molar-refractivity contribution in [3.05, 3.63) is 59.1 Å². The van der Waals surface area contributed by atoms with Gasteiger partial charge in [0, 0.05) is 10.6 Å². The van der Waals surface area contributed by atoms with Crippen LogP contribution in [0, 0.1) is 17.8 Å². The lowest BCUT2D eigenvalue weighted by molar-refractivity contribution is -0.122. The van der Waals surface area contributed by atoms with E-state index in [1.165, 1.54) is 4.90 Å². The third-order valence-corrected chi connectivity index (χ3v) is 6.07. The van der Waals surface area contributed by atoms with Crippen LogP contribution < -0.4 is 9.64 Å². The maximum Gasteiger partial charge on any atom is 0.237 e. The molecule has 1 saturated heterocycles. The summed E-state index contributed by atoms with van der Waals surface area (Å²) in [4.78, 5) is 39.7. The Morgan fingerprint density at radius 1 is 1.03 bits per heavy atom. The molecule has 5 nitrogen and oxygen atoms in total. The molecule has 4 rings (SSSR count). The van der Waals surface area contributed by atoms with Gasteiger partial charge in [-0.2, -0.15) is 0 Å². The van der Waals surface area contributed by atoms with Crippen molar-refractivity contribution < 1.29 is 19.1 Å². The van der Waals surface area contributed by atoms with E-state index in [1.807, 2.05) is 0 Å². The molecule has 2 aliphatic rings. The van der Waals surface area contributed by atoms with Crippen molar-refractivity contribution >= 4 is 34.9 Å². The molecule has 2 aromatic carbocycles. The van der Waals surface area contributed by atoms with Gasteiger partial charge in [0.25, 0.3) is 0 Å². The number of nitrogens with zero attached hydrogens (tertiary/aromatic N) is 1. The minimum Gasteiger partial charge on any atom is -0.483 e. The standard InChI is InChI=1S/C23H22ClNO4/c1-14-6-11-17-18(12-14)23(28)25(22(17)27)19-4-2-3-5-21(19)29-13-20(26)15-7-9-16(24)10-8-15/h2-5,7-10,14,17-18H,6,11-13H2,1H3. The summed E-state index contributed by atoms with van der Waals surface area (Å²) >= 11 is 5.86. The number of amides is 2. The second-order valence-corrected chi connectivity index (χ2v) is 8.27. The van der Waals surface area contributed by atoms with Gasteiger partial charge in [-0.3, -0.25) is 14.4 Å². The van der Waals surface area contributed by atoms with E-state index in [0.29, 0.717) is 27.9 Å². The van der Waals surface area contributed by atoms with Gasteiger partial charge in [-0.1, -0.05) is 30.7 Å². The van der Waals surface area contributed by atoms with Crippen LogP contribution in [0.25, 0.3) is 0 Å². The van der Waals surface area contributed by atoms with Crippen LogP contribution in [0.5, 0.6) is 5.75 Å². The first-order valence-electron chi connectivity index (χ1n) is 9.84. The predicted molar refractivity (Wildman–Crippen MR) is 110 cm³/mol. The molecule has 1 aliphatic heterocycles. The highest BCUT2D eigenvalue weighted by atomic mass is 35.5. The molecule has 1 heterocycles. The van der Waals surface area contributed by atoms with Gasteiger partial charge in [-0.25, -0.2) is 4.90 Å². The summed E-state index contributed by atoms with van der Waals surface area (Å²) in [6.45, 7) is 1.93. The number of ether oxygens (including phenoxy) is 1. The molecule has 0 bridgehead atoms. The van der Waals surface area contributed by atoms with Gasteiger partial charge in [0.2, 0.25) is 11.8 Å². The number of hydrogen-bond acceptors (Lipinski definition) is 4. The molecule has 0 spiro atoms. The molecule has 150 valence electrons. The summed E-state index contributed by atoms with van der Waals surface area (Å²) in [5, 5.41) is 0.551. The zero-order valence-electron chi connectivity index (χ0n) is 16.1. The van der Waals surface area contributed by atoms with E-state index in [9.17, 15) is 14.4 Å². The van der Waals surface area contributed by atoms with Crippen molar-refractivity contribution in [2.24, 2.45) is 17.8 Å². The average molecular weight is 412 g/mol. The molecule has 29 heavy (non-hydrogen) atoms. The van der Waals surface area contributed by atoms with Gasteiger partial charge in [0.15, 0.2) is 12.4 Å². The fourth-order valence-electron chi connectivity index (χ4n) is 4.25. The van der Waals surface area contributed by atoms with Gasteiger partial charge >= 0.3 is 0 Å². The number of ketones is 1. The summed E-state index contributed by atoms with van der Waals surface area (Å²) in [6, 6.07) is 13.5. The summed E-state index contributed by atoms with van der Waals surface area (Å²) in [6.07, 6.45) is 2.44. The minimum atomic E-state index is -0.255. The fraction of sp³-hybridized carbons (Fsp3) is 0.348. The van der Waals surface area contributed by atoms with Crippen molar-refractivity contribution in [3.8, 4) is 5.75 Å². The number of imide groups is 1. The monoisotopic (exact) mass is 411 g/mol. The third kappa shape index (κ3) is 3.79. The third-order valence-electron chi connectivity index (χ3n) is 5.82. The van der Waals surface area contributed by atoms with E-state index in [2.05, 4.69) is 6.92 Å². The molecule has 1 saturated carbocycles. The number of hydrogen-bond donors (Lipinski definition) is 0. The molecule has 0 N–H and O–H groups in total. The normalized spacial score (nSPS) is 23.8. The highest BCUT2D eigenvalue weighted by Gasteiger charge is 2.50. The molecule has 1 aliphatic carbocycles. The first kappa shape index (κ1) is 19.6. The average Bonchev–Trinajstić information content (AvgIpc) is 2.96. The van der Waals surface area contributed by atoms with E-state index in [-0.39, 0.29) is 36.0 Å². The number of Topliss-reactive ketones (excluding diaryl/α,β-unsaturated/α-hetero) is 1. The lowest BCUT2D eigenvalue weighted by Gasteiger charge is -2.25. The van der Waals surface area contributed by atoms with Crippen LogP contribution in [-0.2, 0) is 9.59 Å². The van der Waals surface area contributed by atoms with Crippen molar-refractivity contribution in [2.75, 3.05) is 11.5 Å². The second-order valence-electron chi connectivity index (χ2n) is 7.83. The fourth-order valence-corrected chi connectivity index (χ4v) is 4.38. The van der Waals surface area contributed by atoms with E-state index >= 15 is 0 Å². The van der Waals surface area contributed by atoms with Crippen LogP contribution in [0.2, 0.25) is 5.02 Å². The highest BCUT2D eigenvalue weighted by molar-refractivity contribution is 6.30. The Bertz CT molecular complexity index is 956. The van der Waals surface area contributed by atoms with Crippen molar-refractivity contribution in [3.63, 3.8) is 0 Å². The van der Waals surface area contributed by atoms with Crippen LogP contribution in [-0.4, -0.2) is 24.2 Å². The molecule has 0 radical (unpaired) electrons. The quantitative estimate of drug-likeness (QED) is 0.535. The molecule has 2 fully saturated rings. The summed E-state index contributed by atoms with van der Waals surface area (Å²) in [5.41, 5.74) is 0.897. The minimum absolute atomic E-state index is 0.160. The van der Waals surface area contributed by atoms with Crippen LogP contribution in [0.4, 0.5) is 5.69 Å². The number of para-hydroxylation sites is 2. The highest BCUT2D eigenvalue weighted by Crippen LogP contribution is 2.44. The van der Waals surface area contributed by atoms with E-state index in [4.69, 9.17) is 16.3 Å². The lowest BCUT2D eigenvalue weighted by atomic mass is 9.76. The molecule has 2 aromatic rings. The Morgan fingerprint density at radius 3 is 2.48 bits per heavy atom. The zero-order valence-corrected chi connectivity index (χ0v) is 16.9. The lowest BCUT2D eigenvalue weighted by Crippen LogP contribution is -2.31. The number of benzene rings is 2. The maximum absolute atomic E-state index is 13.0. The second kappa shape index (κ2) is 7.99. The number of carbonyl (C=O) groups is 3. The van der Waals surface area contributed by atoms with E-state index in [1.54, 1.807) is 48.5 Å². The van der Waals surface area contributed by atoms with Crippen LogP contribution >= 0.6 is 11.6 Å². The number of rotatable bonds is 5. The summed E-state index contributed by atoms with van der Waals surface area (Å²) in [7, 11) is 0. The summed E-state index contributed by atoms with van der Waals surface area (Å²) < 4.78 is 5.74. The SMILES string of the molecule is CC1CCC2C(=O)N(c3ccccc3OCC(=O)c3ccc(Cl)cc3)C(=O)C2C1. The first-order valence-corrected chi connectivity index (χ1v) is 10.2. The number of carbonyl (C=O) groups excluding carboxylic acids is 3. The number of fused-ring (bicyclic) bond motifs is 1. The molecule has 2 amide bonds. The van der Waals surface area contributed by atoms with E-state index < -0.39 is 0 Å². The Hall–Kier alpha value is -2.66. The molecular formula is C23H22ClNO4. The maximum atomic E-state index is 13.0. The van der Waals surface area contributed by atoms with Crippen molar-refractivity contribution in [1.82, 2.24) is 0 Å². The van der Waals surface area contributed by atoms with Crippen LogP contribution in [0.1, 0.15) is 36.5 Å². The first-order chi connectivity index (χ1) is 14.0. The number of anilines is 1. The Balaban J connectivity index is 1.54. The Morgan fingerprint density at radius 2 is 1.72 bits per heavy atom. The largest absolute Gasteiger partial charge is 0.483 e. The van der Waals surface area contributed by atoms with Crippen molar-refractivity contribution in [1.29, 1.82) is 0 Å². The topological polar surface area (TPSA) is 63.7 Å². The van der Waals surface area contributed by atoms with Crippen LogP contribution in [0.15, 0.2) is 48.5 Å². The van der Waals surface area contributed by atoms with Gasteiger partial charge in [0.1, 0.15) is 5.75 Å². The van der Waals surface area contributed by atoms with Gasteiger partial charge in [-0.05, 0) is 61.6 Å². The molecule has 3 atom stereocenters.